The molecule has 1 saturated carbocycles. The summed E-state index contributed by atoms with van der Waals surface area (Å²) in [6.07, 6.45) is 6.96. The Bertz CT molecular complexity index is 237. The highest BCUT2D eigenvalue weighted by Crippen LogP contribution is 2.32. The Labute approximate surface area is 120 Å². The molecule has 0 spiro atoms. The molecule has 2 heteroatoms. The Hall–Kier alpha value is -0.0800. The Kier molecular flexibility index (Phi) is 7.38. The van der Waals surface area contributed by atoms with Crippen molar-refractivity contribution in [2.24, 2.45) is 11.8 Å². The lowest BCUT2D eigenvalue weighted by Gasteiger charge is -2.45. The van der Waals surface area contributed by atoms with E-state index in [1.165, 1.54) is 32.1 Å². The third-order valence-electron chi connectivity index (χ3n) is 4.88. The van der Waals surface area contributed by atoms with Gasteiger partial charge >= 0.3 is 0 Å². The van der Waals surface area contributed by atoms with Gasteiger partial charge in [-0.25, -0.2) is 0 Å². The van der Waals surface area contributed by atoms with E-state index in [9.17, 15) is 5.11 Å². The summed E-state index contributed by atoms with van der Waals surface area (Å²) in [5, 5.41) is 10.5. The molecule has 0 aromatic rings. The number of hydrogen-bond acceptors (Lipinski definition) is 2. The van der Waals surface area contributed by atoms with Gasteiger partial charge in [-0.1, -0.05) is 41.0 Å². The summed E-state index contributed by atoms with van der Waals surface area (Å²) < 4.78 is 0. The molecule has 1 aliphatic carbocycles. The van der Waals surface area contributed by atoms with Gasteiger partial charge in [-0.3, -0.25) is 4.90 Å². The molecule has 0 aromatic carbocycles. The molecule has 2 nitrogen and oxygen atoms in total. The first-order valence-corrected chi connectivity index (χ1v) is 8.47. The van der Waals surface area contributed by atoms with Gasteiger partial charge in [-0.15, -0.1) is 0 Å². The van der Waals surface area contributed by atoms with Crippen LogP contribution in [0.3, 0.4) is 0 Å². The van der Waals surface area contributed by atoms with Crippen molar-refractivity contribution in [2.75, 3.05) is 6.54 Å². The van der Waals surface area contributed by atoms with Crippen molar-refractivity contribution in [1.29, 1.82) is 0 Å². The summed E-state index contributed by atoms with van der Waals surface area (Å²) in [6, 6.07) is 1.03. The molecule has 3 atom stereocenters. The van der Waals surface area contributed by atoms with Crippen LogP contribution < -0.4 is 0 Å². The standard InChI is InChI=1S/C17H35NO/c1-6-14-9-10-17(19)16(11-14)18(12-13(4)5)15(7-2)8-3/h13-17,19H,6-12H2,1-5H3. The van der Waals surface area contributed by atoms with E-state index in [1.54, 1.807) is 0 Å². The average molecular weight is 269 g/mol. The van der Waals surface area contributed by atoms with E-state index in [1.807, 2.05) is 0 Å². The highest BCUT2D eigenvalue weighted by Gasteiger charge is 2.35. The van der Waals surface area contributed by atoms with Gasteiger partial charge in [0, 0.05) is 18.6 Å². The van der Waals surface area contributed by atoms with Crippen molar-refractivity contribution >= 4 is 0 Å². The maximum absolute atomic E-state index is 10.5. The van der Waals surface area contributed by atoms with Crippen molar-refractivity contribution < 1.29 is 5.11 Å². The monoisotopic (exact) mass is 269 g/mol. The van der Waals surface area contributed by atoms with Gasteiger partial charge in [0.1, 0.15) is 0 Å². The minimum Gasteiger partial charge on any atom is -0.391 e. The van der Waals surface area contributed by atoms with Crippen molar-refractivity contribution in [3.63, 3.8) is 0 Å². The smallest absolute Gasteiger partial charge is 0.0695 e. The van der Waals surface area contributed by atoms with Gasteiger partial charge in [0.25, 0.3) is 0 Å². The van der Waals surface area contributed by atoms with Crippen molar-refractivity contribution in [1.82, 2.24) is 4.90 Å². The molecule has 1 rings (SSSR count). The molecular formula is C17H35NO. The SMILES string of the molecule is CCC1CCC(O)C(N(CC(C)C)C(CC)CC)C1. The van der Waals surface area contributed by atoms with Crippen molar-refractivity contribution in [2.45, 2.75) is 91.3 Å². The van der Waals surface area contributed by atoms with E-state index in [0.29, 0.717) is 18.0 Å². The summed E-state index contributed by atoms with van der Waals surface area (Å²) in [7, 11) is 0. The van der Waals surface area contributed by atoms with E-state index in [-0.39, 0.29) is 6.10 Å². The van der Waals surface area contributed by atoms with Crippen LogP contribution in [0.2, 0.25) is 0 Å². The number of hydrogen-bond donors (Lipinski definition) is 1. The number of aliphatic hydroxyl groups excluding tert-OH is 1. The van der Waals surface area contributed by atoms with Gasteiger partial charge in [0.2, 0.25) is 0 Å². The molecule has 0 amide bonds. The fourth-order valence-electron chi connectivity index (χ4n) is 3.68. The van der Waals surface area contributed by atoms with Gasteiger partial charge in [0.15, 0.2) is 0 Å². The van der Waals surface area contributed by atoms with Crippen LogP contribution >= 0.6 is 0 Å². The van der Waals surface area contributed by atoms with Crippen LogP contribution in [0.1, 0.15) is 73.1 Å². The minimum absolute atomic E-state index is 0.109. The Morgan fingerprint density at radius 3 is 2.21 bits per heavy atom. The van der Waals surface area contributed by atoms with Crippen LogP contribution in [0, 0.1) is 11.8 Å². The molecule has 0 saturated heterocycles. The number of aliphatic hydroxyl groups is 1. The zero-order chi connectivity index (χ0) is 14.4. The second-order valence-electron chi connectivity index (χ2n) is 6.78. The Balaban J connectivity index is 2.81. The topological polar surface area (TPSA) is 23.5 Å². The summed E-state index contributed by atoms with van der Waals surface area (Å²) in [5.41, 5.74) is 0. The highest BCUT2D eigenvalue weighted by atomic mass is 16.3. The molecule has 1 fully saturated rings. The number of rotatable bonds is 7. The van der Waals surface area contributed by atoms with E-state index >= 15 is 0 Å². The van der Waals surface area contributed by atoms with Gasteiger partial charge < -0.3 is 5.11 Å². The van der Waals surface area contributed by atoms with E-state index in [0.717, 1.165) is 18.9 Å². The van der Waals surface area contributed by atoms with E-state index in [2.05, 4.69) is 39.5 Å². The third kappa shape index (κ3) is 4.75. The van der Waals surface area contributed by atoms with E-state index < -0.39 is 0 Å². The molecule has 114 valence electrons. The number of nitrogens with zero attached hydrogens (tertiary/aromatic N) is 1. The van der Waals surface area contributed by atoms with Crippen LogP contribution in [-0.2, 0) is 0 Å². The first-order chi connectivity index (χ1) is 9.03. The minimum atomic E-state index is -0.109. The fraction of sp³-hybridized carbons (Fsp3) is 1.00. The Morgan fingerprint density at radius 2 is 1.74 bits per heavy atom. The van der Waals surface area contributed by atoms with Crippen LogP contribution in [0.25, 0.3) is 0 Å². The second kappa shape index (κ2) is 8.26. The first-order valence-electron chi connectivity index (χ1n) is 8.47. The zero-order valence-corrected chi connectivity index (χ0v) is 13.7. The van der Waals surface area contributed by atoms with Crippen molar-refractivity contribution in [3.05, 3.63) is 0 Å². The largest absolute Gasteiger partial charge is 0.391 e. The molecule has 0 radical (unpaired) electrons. The molecule has 1 aliphatic rings. The van der Waals surface area contributed by atoms with Crippen LogP contribution in [0.4, 0.5) is 0 Å². The second-order valence-corrected chi connectivity index (χ2v) is 6.78. The molecule has 3 unspecified atom stereocenters. The molecule has 1 N–H and O–H groups in total. The van der Waals surface area contributed by atoms with Crippen LogP contribution in [0.15, 0.2) is 0 Å². The summed E-state index contributed by atoms with van der Waals surface area (Å²) in [4.78, 5) is 2.64. The van der Waals surface area contributed by atoms with Crippen LogP contribution in [-0.4, -0.2) is 34.7 Å². The van der Waals surface area contributed by atoms with Crippen molar-refractivity contribution in [3.8, 4) is 0 Å². The summed E-state index contributed by atoms with van der Waals surface area (Å²) in [6.45, 7) is 12.6. The van der Waals surface area contributed by atoms with Gasteiger partial charge in [0.05, 0.1) is 6.10 Å². The normalized spacial score (nSPS) is 28.6. The van der Waals surface area contributed by atoms with Gasteiger partial charge in [-0.2, -0.15) is 0 Å². The van der Waals surface area contributed by atoms with E-state index in [4.69, 9.17) is 0 Å². The summed E-state index contributed by atoms with van der Waals surface area (Å²) >= 11 is 0. The highest BCUT2D eigenvalue weighted by molar-refractivity contribution is 4.89. The quantitative estimate of drug-likeness (QED) is 0.753. The first kappa shape index (κ1) is 17.0. The lowest BCUT2D eigenvalue weighted by atomic mass is 9.80. The predicted octanol–water partition coefficient (Wildman–Crippen LogP) is 4.07. The molecule has 0 bridgehead atoms. The summed E-state index contributed by atoms with van der Waals surface area (Å²) in [5.74, 6) is 1.49. The lowest BCUT2D eigenvalue weighted by molar-refractivity contribution is -0.0239. The third-order valence-corrected chi connectivity index (χ3v) is 4.88. The van der Waals surface area contributed by atoms with Gasteiger partial charge in [-0.05, 0) is 43.9 Å². The molecular weight excluding hydrogens is 234 g/mol. The lowest BCUT2D eigenvalue weighted by Crippen LogP contribution is -2.52. The maximum atomic E-state index is 10.5. The Morgan fingerprint density at radius 1 is 1.11 bits per heavy atom. The molecule has 0 heterocycles. The maximum Gasteiger partial charge on any atom is 0.0695 e. The predicted molar refractivity (Wildman–Crippen MR) is 83.3 cm³/mol. The molecule has 0 aliphatic heterocycles. The fourth-order valence-corrected chi connectivity index (χ4v) is 3.68. The van der Waals surface area contributed by atoms with Crippen LogP contribution in [0.5, 0.6) is 0 Å². The molecule has 19 heavy (non-hydrogen) atoms. The molecule has 0 aromatic heterocycles. The average Bonchev–Trinajstić information content (AvgIpc) is 2.39. The zero-order valence-electron chi connectivity index (χ0n) is 13.7.